The van der Waals surface area contributed by atoms with Gasteiger partial charge in [-0.2, -0.15) is 4.98 Å². The molecular formula is C11H9N5O2. The molecule has 0 atom stereocenters. The Morgan fingerprint density at radius 1 is 1.44 bits per heavy atom. The number of nitrogens with zero attached hydrogens (tertiary/aromatic N) is 4. The van der Waals surface area contributed by atoms with Gasteiger partial charge < -0.3 is 5.11 Å². The summed E-state index contributed by atoms with van der Waals surface area (Å²) in [6, 6.07) is 3.69. The Hall–Kier alpha value is -2.70. The van der Waals surface area contributed by atoms with Gasteiger partial charge in [0.1, 0.15) is 0 Å². The minimum absolute atomic E-state index is 0.112. The average molecular weight is 243 g/mol. The van der Waals surface area contributed by atoms with Crippen LogP contribution < -0.4 is 0 Å². The number of H-pyrrole nitrogens is 1. The van der Waals surface area contributed by atoms with Crippen LogP contribution in [0.25, 0.3) is 17.2 Å². The lowest BCUT2D eigenvalue weighted by atomic mass is 10.3. The third kappa shape index (κ3) is 1.81. The minimum Gasteiger partial charge on any atom is -0.481 e. The molecule has 3 aromatic rings. The van der Waals surface area contributed by atoms with Crippen molar-refractivity contribution in [3.63, 3.8) is 0 Å². The van der Waals surface area contributed by atoms with Crippen LogP contribution in [-0.4, -0.2) is 35.6 Å². The molecule has 0 saturated heterocycles. The van der Waals surface area contributed by atoms with E-state index in [1.165, 1.54) is 0 Å². The first-order valence-corrected chi connectivity index (χ1v) is 5.28. The average Bonchev–Trinajstić information content (AvgIpc) is 2.87. The summed E-state index contributed by atoms with van der Waals surface area (Å²) in [4.78, 5) is 23.0. The molecule has 0 aliphatic heterocycles. The molecular weight excluding hydrogens is 234 g/mol. The van der Waals surface area contributed by atoms with Gasteiger partial charge in [0, 0.05) is 18.0 Å². The van der Waals surface area contributed by atoms with Crippen molar-refractivity contribution < 1.29 is 9.90 Å². The largest absolute Gasteiger partial charge is 0.481 e. The Morgan fingerprint density at radius 2 is 2.33 bits per heavy atom. The van der Waals surface area contributed by atoms with Crippen molar-refractivity contribution in [3.8, 4) is 11.4 Å². The van der Waals surface area contributed by atoms with Crippen LogP contribution in [0.2, 0.25) is 0 Å². The maximum absolute atomic E-state index is 10.6. The first-order chi connectivity index (χ1) is 8.72. The highest BCUT2D eigenvalue weighted by Crippen LogP contribution is 2.14. The quantitative estimate of drug-likeness (QED) is 0.707. The summed E-state index contributed by atoms with van der Waals surface area (Å²) in [7, 11) is 0. The number of fused-ring (bicyclic) bond motifs is 1. The fourth-order valence-electron chi connectivity index (χ4n) is 1.69. The zero-order chi connectivity index (χ0) is 12.5. The molecule has 2 N–H and O–H groups in total. The topological polar surface area (TPSA) is 96.2 Å². The second kappa shape index (κ2) is 3.95. The van der Waals surface area contributed by atoms with Gasteiger partial charge in [0.15, 0.2) is 5.82 Å². The van der Waals surface area contributed by atoms with Gasteiger partial charge >= 0.3 is 5.97 Å². The second-order valence-corrected chi connectivity index (χ2v) is 3.79. The molecule has 0 amide bonds. The van der Waals surface area contributed by atoms with Gasteiger partial charge in [-0.25, -0.2) is 9.50 Å². The molecule has 0 aliphatic rings. The van der Waals surface area contributed by atoms with E-state index in [0.717, 1.165) is 5.56 Å². The van der Waals surface area contributed by atoms with Crippen LogP contribution in [0.5, 0.6) is 0 Å². The van der Waals surface area contributed by atoms with E-state index in [1.54, 1.807) is 23.1 Å². The van der Waals surface area contributed by atoms with E-state index in [0.29, 0.717) is 17.3 Å². The summed E-state index contributed by atoms with van der Waals surface area (Å²) in [5.41, 5.74) is 1.32. The highest BCUT2D eigenvalue weighted by Gasteiger charge is 2.10. The molecule has 3 rings (SSSR count). The van der Waals surface area contributed by atoms with E-state index in [1.807, 2.05) is 12.1 Å². The van der Waals surface area contributed by atoms with Gasteiger partial charge in [-0.3, -0.25) is 14.9 Å². The third-order valence-electron chi connectivity index (χ3n) is 2.44. The smallest absolute Gasteiger partial charge is 0.309 e. The van der Waals surface area contributed by atoms with Gasteiger partial charge in [-0.1, -0.05) is 0 Å². The summed E-state index contributed by atoms with van der Waals surface area (Å²) in [6.45, 7) is 0. The number of carboxylic acids is 1. The van der Waals surface area contributed by atoms with Crippen molar-refractivity contribution >= 4 is 11.7 Å². The maximum atomic E-state index is 10.6. The van der Waals surface area contributed by atoms with Gasteiger partial charge in [0.2, 0.25) is 0 Å². The van der Waals surface area contributed by atoms with Crippen LogP contribution >= 0.6 is 0 Å². The highest BCUT2D eigenvalue weighted by atomic mass is 16.4. The summed E-state index contributed by atoms with van der Waals surface area (Å²) in [6.07, 6.45) is 4.88. The molecule has 18 heavy (non-hydrogen) atoms. The first-order valence-electron chi connectivity index (χ1n) is 5.28. The molecule has 7 nitrogen and oxygen atoms in total. The number of hydrogen-bond donors (Lipinski definition) is 2. The number of rotatable bonds is 3. The van der Waals surface area contributed by atoms with Crippen LogP contribution in [0.15, 0.2) is 30.7 Å². The van der Waals surface area contributed by atoms with E-state index in [9.17, 15) is 4.79 Å². The lowest BCUT2D eigenvalue weighted by Gasteiger charge is -1.93. The molecule has 0 unspecified atom stereocenters. The van der Waals surface area contributed by atoms with E-state index in [-0.39, 0.29) is 6.42 Å². The monoisotopic (exact) mass is 243 g/mol. The number of aliphatic carboxylic acids is 1. The van der Waals surface area contributed by atoms with Crippen molar-refractivity contribution in [1.29, 1.82) is 0 Å². The predicted molar refractivity (Wildman–Crippen MR) is 61.9 cm³/mol. The van der Waals surface area contributed by atoms with Gasteiger partial charge in [0.25, 0.3) is 5.78 Å². The van der Waals surface area contributed by atoms with Gasteiger partial charge in [0.05, 0.1) is 18.3 Å². The zero-order valence-corrected chi connectivity index (χ0v) is 9.24. The van der Waals surface area contributed by atoms with Crippen molar-refractivity contribution in [1.82, 2.24) is 24.6 Å². The molecule has 0 saturated carbocycles. The Kier molecular flexibility index (Phi) is 2.30. The standard InChI is InChI=1S/C11H9N5O2/c17-9(18)4-8-6-16-11(13-8)14-10(15-16)7-2-1-3-12-5-7/h1-3,5-6H,4H2,(H,17,18)(H,13,14,15). The van der Waals surface area contributed by atoms with Crippen LogP contribution in [-0.2, 0) is 11.2 Å². The molecule has 90 valence electrons. The van der Waals surface area contributed by atoms with Crippen molar-refractivity contribution in [2.24, 2.45) is 0 Å². The molecule has 0 aromatic carbocycles. The van der Waals surface area contributed by atoms with E-state index in [2.05, 4.69) is 20.1 Å². The van der Waals surface area contributed by atoms with Crippen LogP contribution in [0.4, 0.5) is 0 Å². The van der Waals surface area contributed by atoms with Gasteiger partial charge in [-0.05, 0) is 12.1 Å². The number of nitrogens with one attached hydrogen (secondary N) is 1. The van der Waals surface area contributed by atoms with Crippen LogP contribution in [0, 0.1) is 0 Å². The number of carbonyl (C=O) groups is 1. The molecule has 0 bridgehead atoms. The molecule has 0 fully saturated rings. The van der Waals surface area contributed by atoms with Crippen LogP contribution in [0.3, 0.4) is 0 Å². The summed E-state index contributed by atoms with van der Waals surface area (Å²) < 4.78 is 1.60. The SMILES string of the molecule is O=C(O)Cc1cn2[nH]c(-c3cccnc3)nc2n1. The Balaban J connectivity index is 1.98. The summed E-state index contributed by atoms with van der Waals surface area (Å²) in [5, 5.41) is 11.7. The minimum atomic E-state index is -0.914. The van der Waals surface area contributed by atoms with Gasteiger partial charge in [-0.15, -0.1) is 0 Å². The number of pyridine rings is 1. The van der Waals surface area contributed by atoms with Crippen molar-refractivity contribution in [2.75, 3.05) is 0 Å². The lowest BCUT2D eigenvalue weighted by molar-refractivity contribution is -0.136. The van der Waals surface area contributed by atoms with E-state index in [4.69, 9.17) is 5.11 Å². The molecule has 0 aliphatic carbocycles. The number of carboxylic acid groups (broad SMARTS) is 1. The molecule has 0 radical (unpaired) electrons. The second-order valence-electron chi connectivity index (χ2n) is 3.79. The number of aromatic nitrogens is 5. The molecule has 0 spiro atoms. The Morgan fingerprint density at radius 3 is 3.00 bits per heavy atom. The fraction of sp³-hybridized carbons (Fsp3) is 0.0909. The predicted octanol–water partition coefficient (Wildman–Crippen LogP) is 0.746. The normalized spacial score (nSPS) is 10.9. The number of hydrogen-bond acceptors (Lipinski definition) is 4. The molecule has 7 heteroatoms. The molecule has 3 aromatic heterocycles. The zero-order valence-electron chi connectivity index (χ0n) is 9.24. The number of imidazole rings is 1. The highest BCUT2D eigenvalue weighted by molar-refractivity contribution is 5.69. The Labute approximate surface area is 101 Å². The summed E-state index contributed by atoms with van der Waals surface area (Å²) in [5.74, 6) is 0.181. The fourth-order valence-corrected chi connectivity index (χ4v) is 1.69. The Bertz CT molecular complexity index is 669. The van der Waals surface area contributed by atoms with Crippen LogP contribution in [0.1, 0.15) is 5.69 Å². The van der Waals surface area contributed by atoms with E-state index < -0.39 is 5.97 Å². The molecule has 3 heterocycles. The number of aromatic amines is 1. The van der Waals surface area contributed by atoms with Crippen molar-refractivity contribution in [2.45, 2.75) is 6.42 Å². The first kappa shape index (κ1) is 10.5. The van der Waals surface area contributed by atoms with Crippen molar-refractivity contribution in [3.05, 3.63) is 36.4 Å². The lowest BCUT2D eigenvalue weighted by Crippen LogP contribution is -2.00. The maximum Gasteiger partial charge on any atom is 0.309 e. The summed E-state index contributed by atoms with van der Waals surface area (Å²) >= 11 is 0. The third-order valence-corrected chi connectivity index (χ3v) is 2.44. The van der Waals surface area contributed by atoms with E-state index >= 15 is 0 Å².